The first kappa shape index (κ1) is 9.70. The first-order valence-electron chi connectivity index (χ1n) is 5.89. The topological polar surface area (TPSA) is 38.1 Å². The minimum atomic E-state index is 0.340. The lowest BCUT2D eigenvalue weighted by Crippen LogP contribution is -1.99. The van der Waals surface area contributed by atoms with Crippen LogP contribution in [-0.4, -0.2) is 11.0 Å². The Kier molecular flexibility index (Phi) is 2.13. The summed E-state index contributed by atoms with van der Waals surface area (Å²) < 4.78 is 5.67. The fourth-order valence-electron chi connectivity index (χ4n) is 1.75. The summed E-state index contributed by atoms with van der Waals surface area (Å²) in [6.45, 7) is 4.18. The number of aromatic nitrogens is 1. The Balaban J connectivity index is 1.96. The molecule has 0 unspecified atom stereocenters. The van der Waals surface area contributed by atoms with Crippen molar-refractivity contribution in [1.29, 1.82) is 0 Å². The van der Waals surface area contributed by atoms with E-state index in [1.54, 1.807) is 0 Å². The molecule has 0 aliphatic heterocycles. The summed E-state index contributed by atoms with van der Waals surface area (Å²) in [6, 6.07) is 6.81. The molecule has 1 aliphatic rings. The van der Waals surface area contributed by atoms with Crippen LogP contribution >= 0.6 is 0 Å². The third kappa shape index (κ3) is 1.77. The van der Waals surface area contributed by atoms with Gasteiger partial charge >= 0.3 is 0 Å². The molecule has 1 aromatic heterocycles. The highest BCUT2D eigenvalue weighted by molar-refractivity contribution is 5.77. The number of fused-ring (bicyclic) bond motifs is 1. The molecule has 1 fully saturated rings. The normalized spacial score (nSPS) is 15.9. The van der Waals surface area contributed by atoms with Gasteiger partial charge in [0.15, 0.2) is 11.5 Å². The van der Waals surface area contributed by atoms with E-state index in [0.29, 0.717) is 12.0 Å². The van der Waals surface area contributed by atoms with Crippen LogP contribution in [0.3, 0.4) is 0 Å². The summed E-state index contributed by atoms with van der Waals surface area (Å²) in [7, 11) is 0. The van der Waals surface area contributed by atoms with Crippen LogP contribution in [0.1, 0.15) is 38.5 Å². The van der Waals surface area contributed by atoms with Crippen LogP contribution in [0.5, 0.6) is 0 Å². The van der Waals surface area contributed by atoms with Crippen molar-refractivity contribution in [2.24, 2.45) is 0 Å². The Morgan fingerprint density at radius 2 is 2.19 bits per heavy atom. The van der Waals surface area contributed by atoms with E-state index in [4.69, 9.17) is 4.42 Å². The third-order valence-electron chi connectivity index (χ3n) is 2.85. The lowest BCUT2D eigenvalue weighted by Gasteiger charge is -2.02. The van der Waals surface area contributed by atoms with Gasteiger partial charge in [0.05, 0.1) is 0 Å². The molecule has 1 aromatic carbocycles. The van der Waals surface area contributed by atoms with Crippen LogP contribution in [0, 0.1) is 0 Å². The van der Waals surface area contributed by atoms with Gasteiger partial charge < -0.3 is 9.73 Å². The molecule has 0 radical (unpaired) electrons. The Bertz CT molecular complexity index is 512. The molecule has 0 saturated heterocycles. The van der Waals surface area contributed by atoms with Gasteiger partial charge in [-0.1, -0.05) is 13.8 Å². The molecule has 16 heavy (non-hydrogen) atoms. The fraction of sp³-hybridized carbons (Fsp3) is 0.462. The van der Waals surface area contributed by atoms with Crippen LogP contribution in [0.25, 0.3) is 11.1 Å². The smallest absolute Gasteiger partial charge is 0.198 e. The van der Waals surface area contributed by atoms with Crippen molar-refractivity contribution in [1.82, 2.24) is 4.98 Å². The first-order chi connectivity index (χ1) is 7.72. The molecule has 0 amide bonds. The van der Waals surface area contributed by atoms with Crippen LogP contribution in [0.4, 0.5) is 5.69 Å². The summed E-state index contributed by atoms with van der Waals surface area (Å²) in [5.41, 5.74) is 2.98. The second kappa shape index (κ2) is 3.51. The maximum atomic E-state index is 5.67. The fourth-order valence-corrected chi connectivity index (χ4v) is 1.75. The first-order valence-corrected chi connectivity index (χ1v) is 5.89. The van der Waals surface area contributed by atoms with Gasteiger partial charge in [-0.25, -0.2) is 4.98 Å². The number of hydrogen-bond donors (Lipinski definition) is 1. The van der Waals surface area contributed by atoms with E-state index in [1.165, 1.54) is 12.8 Å². The summed E-state index contributed by atoms with van der Waals surface area (Å²) in [5.74, 6) is 1.16. The van der Waals surface area contributed by atoms with Gasteiger partial charge in [0, 0.05) is 17.6 Å². The van der Waals surface area contributed by atoms with Gasteiger partial charge in [0.1, 0.15) is 5.52 Å². The average Bonchev–Trinajstić information content (AvgIpc) is 2.95. The maximum Gasteiger partial charge on any atom is 0.198 e. The van der Waals surface area contributed by atoms with Crippen LogP contribution < -0.4 is 5.32 Å². The number of nitrogens with one attached hydrogen (secondary N) is 1. The Labute approximate surface area is 94.9 Å². The minimum absolute atomic E-state index is 0.340. The van der Waals surface area contributed by atoms with Crippen LogP contribution in [0.2, 0.25) is 0 Å². The van der Waals surface area contributed by atoms with Gasteiger partial charge in [-0.2, -0.15) is 0 Å². The Hall–Kier alpha value is -1.51. The molecule has 0 spiro atoms. The minimum Gasteiger partial charge on any atom is -0.440 e. The quantitative estimate of drug-likeness (QED) is 0.853. The van der Waals surface area contributed by atoms with E-state index in [1.807, 2.05) is 6.07 Å². The van der Waals surface area contributed by atoms with Crippen molar-refractivity contribution < 1.29 is 4.42 Å². The zero-order chi connectivity index (χ0) is 11.1. The van der Waals surface area contributed by atoms with E-state index in [9.17, 15) is 0 Å². The lowest BCUT2D eigenvalue weighted by atomic mass is 10.2. The molecule has 1 saturated carbocycles. The maximum absolute atomic E-state index is 5.67. The number of oxazole rings is 1. The molecule has 0 bridgehead atoms. The van der Waals surface area contributed by atoms with Crippen molar-refractivity contribution >= 4 is 16.8 Å². The van der Waals surface area contributed by atoms with E-state index < -0.39 is 0 Å². The molecule has 3 rings (SSSR count). The van der Waals surface area contributed by atoms with Gasteiger partial charge in [-0.3, -0.25) is 0 Å². The van der Waals surface area contributed by atoms with Gasteiger partial charge in [0.25, 0.3) is 0 Å². The molecule has 3 heteroatoms. The molecule has 3 nitrogen and oxygen atoms in total. The largest absolute Gasteiger partial charge is 0.440 e. The average molecular weight is 216 g/mol. The second-order valence-electron chi connectivity index (χ2n) is 4.81. The number of hydrogen-bond acceptors (Lipinski definition) is 3. The molecule has 1 heterocycles. The Morgan fingerprint density at radius 1 is 1.38 bits per heavy atom. The molecular formula is C13H16N2O. The van der Waals surface area contributed by atoms with Gasteiger partial charge in [0.2, 0.25) is 0 Å². The molecule has 2 aromatic rings. The number of benzene rings is 1. The van der Waals surface area contributed by atoms with Gasteiger partial charge in [-0.15, -0.1) is 0 Å². The standard InChI is InChI=1S/C13H16N2O/c1-8(2)13-15-11-7-10(14-9-3-4-9)5-6-12(11)16-13/h5-9,14H,3-4H2,1-2H3. The highest BCUT2D eigenvalue weighted by atomic mass is 16.3. The lowest BCUT2D eigenvalue weighted by molar-refractivity contribution is 0.501. The van der Waals surface area contributed by atoms with Crippen molar-refractivity contribution in [3.8, 4) is 0 Å². The van der Waals surface area contributed by atoms with Crippen LogP contribution in [-0.2, 0) is 0 Å². The van der Waals surface area contributed by atoms with Crippen LogP contribution in [0.15, 0.2) is 22.6 Å². The van der Waals surface area contributed by atoms with Crippen molar-refractivity contribution in [3.63, 3.8) is 0 Å². The van der Waals surface area contributed by atoms with Gasteiger partial charge in [-0.05, 0) is 31.0 Å². The van der Waals surface area contributed by atoms with Crippen molar-refractivity contribution in [2.75, 3.05) is 5.32 Å². The van der Waals surface area contributed by atoms with E-state index in [2.05, 4.69) is 36.3 Å². The summed E-state index contributed by atoms with van der Waals surface area (Å²) >= 11 is 0. The molecule has 1 aliphatic carbocycles. The number of nitrogens with zero attached hydrogens (tertiary/aromatic N) is 1. The number of anilines is 1. The molecule has 1 N–H and O–H groups in total. The second-order valence-corrected chi connectivity index (χ2v) is 4.81. The van der Waals surface area contributed by atoms with Crippen molar-refractivity contribution in [2.45, 2.75) is 38.6 Å². The third-order valence-corrected chi connectivity index (χ3v) is 2.85. The predicted octanol–water partition coefficient (Wildman–Crippen LogP) is 3.53. The Morgan fingerprint density at radius 3 is 2.88 bits per heavy atom. The molecule has 84 valence electrons. The van der Waals surface area contributed by atoms with E-state index >= 15 is 0 Å². The zero-order valence-electron chi connectivity index (χ0n) is 9.66. The molecular weight excluding hydrogens is 200 g/mol. The highest BCUT2D eigenvalue weighted by Crippen LogP contribution is 2.28. The highest BCUT2D eigenvalue weighted by Gasteiger charge is 2.21. The number of rotatable bonds is 3. The monoisotopic (exact) mass is 216 g/mol. The van der Waals surface area contributed by atoms with E-state index in [0.717, 1.165) is 22.7 Å². The summed E-state index contributed by atoms with van der Waals surface area (Å²) in [4.78, 5) is 4.49. The van der Waals surface area contributed by atoms with E-state index in [-0.39, 0.29) is 0 Å². The summed E-state index contributed by atoms with van der Waals surface area (Å²) in [6.07, 6.45) is 2.57. The predicted molar refractivity (Wildman–Crippen MR) is 64.7 cm³/mol. The SMILES string of the molecule is CC(C)c1nc2cc(NC3CC3)ccc2o1. The van der Waals surface area contributed by atoms with Crippen molar-refractivity contribution in [3.05, 3.63) is 24.1 Å². The summed E-state index contributed by atoms with van der Waals surface area (Å²) in [5, 5.41) is 3.46. The zero-order valence-corrected chi connectivity index (χ0v) is 9.66. The molecule has 0 atom stereocenters.